The molecule has 0 amide bonds. The molecule has 78 valence electrons. The van der Waals surface area contributed by atoms with Gasteiger partial charge in [-0.25, -0.2) is 4.79 Å². The summed E-state index contributed by atoms with van der Waals surface area (Å²) < 4.78 is 4.90. The van der Waals surface area contributed by atoms with Crippen LogP contribution in [0, 0.1) is 0 Å². The summed E-state index contributed by atoms with van der Waals surface area (Å²) in [5.74, 6) is -0.323. The number of carbonyl (C=O) groups excluding carboxylic acids is 1. The van der Waals surface area contributed by atoms with E-state index >= 15 is 0 Å². The van der Waals surface area contributed by atoms with E-state index in [-0.39, 0.29) is 12.9 Å². The Bertz CT molecular complexity index is 197. The van der Waals surface area contributed by atoms with E-state index in [4.69, 9.17) is 4.74 Å². The van der Waals surface area contributed by atoms with Gasteiger partial charge in [0.05, 0.1) is 0 Å². The highest BCUT2D eigenvalue weighted by atomic mass is 16.5. The first kappa shape index (κ1) is 12.2. The second-order valence-corrected chi connectivity index (χ2v) is 4.09. The molecule has 1 N–H and O–H groups in total. The molecule has 0 spiro atoms. The summed E-state index contributed by atoms with van der Waals surface area (Å²) in [7, 11) is 0. The first-order valence-corrected chi connectivity index (χ1v) is 4.40. The van der Waals surface area contributed by atoms with Crippen LogP contribution in [0.3, 0.4) is 0 Å². The standard InChI is InChI=1S/C10H19NO2.H2/c1-8(2)9(12)13-7-6-11-10(3,4)5;/h11H,1,6-7H2,2-5H3;1H. The number of nitrogens with one attached hydrogen (secondary N) is 1. The molecule has 0 atom stereocenters. The van der Waals surface area contributed by atoms with Gasteiger partial charge in [-0.2, -0.15) is 0 Å². The molecule has 0 bridgehead atoms. The molecule has 0 aromatic rings. The molecule has 0 radical (unpaired) electrons. The average molecular weight is 187 g/mol. The highest BCUT2D eigenvalue weighted by molar-refractivity contribution is 5.86. The van der Waals surface area contributed by atoms with Crippen molar-refractivity contribution in [1.29, 1.82) is 0 Å². The van der Waals surface area contributed by atoms with Crippen molar-refractivity contribution in [2.75, 3.05) is 13.2 Å². The van der Waals surface area contributed by atoms with E-state index in [1.54, 1.807) is 6.92 Å². The molecule has 0 heterocycles. The lowest BCUT2D eigenvalue weighted by atomic mass is 10.1. The smallest absolute Gasteiger partial charge is 0.333 e. The SMILES string of the molecule is C=C(C)C(=O)OCCNC(C)(C)C.[HH]. The molecule has 13 heavy (non-hydrogen) atoms. The van der Waals surface area contributed by atoms with Gasteiger partial charge in [0.2, 0.25) is 0 Å². The van der Waals surface area contributed by atoms with Gasteiger partial charge >= 0.3 is 5.97 Å². The predicted octanol–water partition coefficient (Wildman–Crippen LogP) is 1.74. The molecular weight excluding hydrogens is 166 g/mol. The summed E-state index contributed by atoms with van der Waals surface area (Å²) in [6.45, 7) is 12.4. The van der Waals surface area contributed by atoms with Crippen molar-refractivity contribution in [2.24, 2.45) is 0 Å². The molecular formula is C10H21NO2. The molecule has 0 aliphatic carbocycles. The highest BCUT2D eigenvalue weighted by Gasteiger charge is 2.08. The van der Waals surface area contributed by atoms with E-state index in [1.165, 1.54) is 0 Å². The number of carbonyl (C=O) groups is 1. The van der Waals surface area contributed by atoms with Crippen molar-refractivity contribution in [3.8, 4) is 0 Å². The zero-order valence-corrected chi connectivity index (χ0v) is 8.94. The monoisotopic (exact) mass is 187 g/mol. The van der Waals surface area contributed by atoms with E-state index in [1.807, 2.05) is 0 Å². The highest BCUT2D eigenvalue weighted by Crippen LogP contribution is 1.97. The minimum atomic E-state index is -0.323. The number of rotatable bonds is 4. The first-order chi connectivity index (χ1) is 5.83. The van der Waals surface area contributed by atoms with Crippen molar-refractivity contribution in [2.45, 2.75) is 33.2 Å². The molecule has 0 rings (SSSR count). The van der Waals surface area contributed by atoms with Crippen molar-refractivity contribution >= 4 is 5.97 Å². The Balaban J connectivity index is 0. The first-order valence-electron chi connectivity index (χ1n) is 4.40. The number of esters is 1. The van der Waals surface area contributed by atoms with E-state index in [9.17, 15) is 4.79 Å². The Morgan fingerprint density at radius 3 is 2.46 bits per heavy atom. The lowest BCUT2D eigenvalue weighted by Gasteiger charge is -2.20. The molecule has 0 saturated heterocycles. The molecule has 0 aliphatic heterocycles. The number of hydrogen-bond donors (Lipinski definition) is 1. The minimum absolute atomic E-state index is 0. The van der Waals surface area contributed by atoms with Crippen LogP contribution in [-0.2, 0) is 9.53 Å². The number of hydrogen-bond acceptors (Lipinski definition) is 3. The van der Waals surface area contributed by atoms with Crippen LogP contribution in [0.25, 0.3) is 0 Å². The minimum Gasteiger partial charge on any atom is -0.461 e. The zero-order valence-electron chi connectivity index (χ0n) is 8.94. The Labute approximate surface area is 81.6 Å². The van der Waals surface area contributed by atoms with Crippen LogP contribution in [0.2, 0.25) is 0 Å². The van der Waals surface area contributed by atoms with Crippen LogP contribution in [0.4, 0.5) is 0 Å². The van der Waals surface area contributed by atoms with Crippen LogP contribution in [-0.4, -0.2) is 24.7 Å². The fraction of sp³-hybridized carbons (Fsp3) is 0.700. The number of ether oxygens (including phenoxy) is 1. The van der Waals surface area contributed by atoms with Crippen LogP contribution in [0.5, 0.6) is 0 Å². The van der Waals surface area contributed by atoms with Gasteiger partial charge in [0, 0.05) is 19.1 Å². The molecule has 3 heteroatoms. The van der Waals surface area contributed by atoms with Crippen LogP contribution in [0.1, 0.15) is 29.1 Å². The summed E-state index contributed by atoms with van der Waals surface area (Å²) >= 11 is 0. The average Bonchev–Trinajstić information content (AvgIpc) is 1.95. The Morgan fingerprint density at radius 2 is 2.08 bits per heavy atom. The van der Waals surface area contributed by atoms with Gasteiger partial charge < -0.3 is 10.1 Å². The van der Waals surface area contributed by atoms with Crippen LogP contribution in [0.15, 0.2) is 12.2 Å². The Hall–Kier alpha value is -0.830. The second kappa shape index (κ2) is 5.02. The van der Waals surface area contributed by atoms with E-state index < -0.39 is 0 Å². The molecule has 0 unspecified atom stereocenters. The molecule has 3 nitrogen and oxygen atoms in total. The third kappa shape index (κ3) is 7.53. The van der Waals surface area contributed by atoms with E-state index in [2.05, 4.69) is 32.7 Å². The molecule has 0 aromatic heterocycles. The summed E-state index contributed by atoms with van der Waals surface area (Å²) in [4.78, 5) is 10.9. The van der Waals surface area contributed by atoms with Gasteiger partial charge in [-0.15, -0.1) is 0 Å². The molecule has 0 fully saturated rings. The van der Waals surface area contributed by atoms with Crippen molar-refractivity contribution in [3.05, 3.63) is 12.2 Å². The Morgan fingerprint density at radius 1 is 1.54 bits per heavy atom. The maximum absolute atomic E-state index is 10.9. The quantitative estimate of drug-likeness (QED) is 0.414. The third-order valence-corrected chi connectivity index (χ3v) is 1.34. The molecule has 0 aromatic carbocycles. The van der Waals surface area contributed by atoms with Crippen molar-refractivity contribution < 1.29 is 11.0 Å². The van der Waals surface area contributed by atoms with Crippen LogP contribution < -0.4 is 5.32 Å². The van der Waals surface area contributed by atoms with Crippen LogP contribution >= 0.6 is 0 Å². The largest absolute Gasteiger partial charge is 0.461 e. The topological polar surface area (TPSA) is 38.3 Å². The summed E-state index contributed by atoms with van der Waals surface area (Å²) in [6.07, 6.45) is 0. The zero-order chi connectivity index (χ0) is 10.5. The fourth-order valence-corrected chi connectivity index (χ4v) is 0.693. The lowest BCUT2D eigenvalue weighted by Crippen LogP contribution is -2.38. The summed E-state index contributed by atoms with van der Waals surface area (Å²) in [6, 6.07) is 0. The third-order valence-electron chi connectivity index (χ3n) is 1.34. The van der Waals surface area contributed by atoms with E-state index in [0.29, 0.717) is 18.7 Å². The van der Waals surface area contributed by atoms with Gasteiger partial charge in [0.15, 0.2) is 0 Å². The van der Waals surface area contributed by atoms with Gasteiger partial charge in [-0.1, -0.05) is 6.58 Å². The predicted molar refractivity (Wildman–Crippen MR) is 55.6 cm³/mol. The maximum atomic E-state index is 10.9. The van der Waals surface area contributed by atoms with Gasteiger partial charge in [0.1, 0.15) is 6.61 Å². The van der Waals surface area contributed by atoms with Crippen molar-refractivity contribution in [3.63, 3.8) is 0 Å². The Kier molecular flexibility index (Phi) is 4.70. The second-order valence-electron chi connectivity index (χ2n) is 4.09. The molecule has 0 aliphatic rings. The summed E-state index contributed by atoms with van der Waals surface area (Å²) in [5.41, 5.74) is 0.506. The molecule has 0 saturated carbocycles. The van der Waals surface area contributed by atoms with Crippen molar-refractivity contribution in [1.82, 2.24) is 5.32 Å². The normalized spacial score (nSPS) is 11.1. The van der Waals surface area contributed by atoms with Gasteiger partial charge in [-0.3, -0.25) is 0 Å². The van der Waals surface area contributed by atoms with Gasteiger partial charge in [0.25, 0.3) is 0 Å². The summed E-state index contributed by atoms with van der Waals surface area (Å²) in [5, 5.41) is 3.21. The van der Waals surface area contributed by atoms with Gasteiger partial charge in [-0.05, 0) is 27.7 Å². The lowest BCUT2D eigenvalue weighted by molar-refractivity contribution is -0.138. The van der Waals surface area contributed by atoms with E-state index in [0.717, 1.165) is 0 Å². The fourth-order valence-electron chi connectivity index (χ4n) is 0.693. The maximum Gasteiger partial charge on any atom is 0.333 e.